The smallest absolute Gasteiger partial charge is 0.338 e. The van der Waals surface area contributed by atoms with Crippen LogP contribution in [0.5, 0.6) is 0 Å². The third-order valence-electron chi connectivity index (χ3n) is 3.86. The Morgan fingerprint density at radius 1 is 1.04 bits per heavy atom. The first-order valence-electron chi connectivity index (χ1n) is 7.68. The molecule has 0 spiro atoms. The van der Waals surface area contributed by atoms with Crippen molar-refractivity contribution in [3.8, 4) is 0 Å². The number of carbonyl (C=O) groups excluding carboxylic acids is 1. The molecule has 1 aromatic rings. The number of hydrogen-bond acceptors (Lipinski definition) is 4. The van der Waals surface area contributed by atoms with Crippen molar-refractivity contribution in [1.29, 1.82) is 0 Å². The van der Waals surface area contributed by atoms with Crippen molar-refractivity contribution < 1.29 is 29.3 Å². The third-order valence-corrected chi connectivity index (χ3v) is 3.86. The summed E-state index contributed by atoms with van der Waals surface area (Å²) in [6.07, 6.45) is 3.89. The molecule has 0 aliphatic rings. The minimum absolute atomic E-state index is 0.0370. The minimum Gasteiger partial charge on any atom is -0.478 e. The van der Waals surface area contributed by atoms with Gasteiger partial charge in [-0.1, -0.05) is 26.7 Å². The van der Waals surface area contributed by atoms with E-state index in [1.165, 1.54) is 6.07 Å². The van der Waals surface area contributed by atoms with Crippen molar-refractivity contribution in [2.24, 2.45) is 5.92 Å². The van der Waals surface area contributed by atoms with Gasteiger partial charge in [0.1, 0.15) is 0 Å². The molecule has 1 aromatic carbocycles. The number of benzene rings is 1. The Hall–Kier alpha value is -2.37. The fourth-order valence-electron chi connectivity index (χ4n) is 2.35. The summed E-state index contributed by atoms with van der Waals surface area (Å²) in [6, 6.07) is 3.40. The number of hydrogen-bond donors (Lipinski definition) is 2. The molecule has 0 aliphatic heterocycles. The lowest BCUT2D eigenvalue weighted by Gasteiger charge is -2.12. The lowest BCUT2D eigenvalue weighted by atomic mass is 9.98. The lowest BCUT2D eigenvalue weighted by molar-refractivity contribution is 0.0492. The molecule has 126 valence electrons. The van der Waals surface area contributed by atoms with Crippen LogP contribution in [0.3, 0.4) is 0 Å². The van der Waals surface area contributed by atoms with Crippen LogP contribution < -0.4 is 0 Å². The molecule has 6 heteroatoms. The van der Waals surface area contributed by atoms with Crippen molar-refractivity contribution in [3.63, 3.8) is 0 Å². The van der Waals surface area contributed by atoms with E-state index in [1.807, 2.05) is 0 Å². The van der Waals surface area contributed by atoms with Gasteiger partial charge in [0.05, 0.1) is 23.3 Å². The Morgan fingerprint density at radius 3 is 2.17 bits per heavy atom. The van der Waals surface area contributed by atoms with Gasteiger partial charge in [0.2, 0.25) is 0 Å². The van der Waals surface area contributed by atoms with E-state index in [-0.39, 0.29) is 17.7 Å². The van der Waals surface area contributed by atoms with Crippen LogP contribution in [-0.2, 0) is 4.74 Å². The summed E-state index contributed by atoms with van der Waals surface area (Å²) >= 11 is 0. The molecule has 0 atom stereocenters. The summed E-state index contributed by atoms with van der Waals surface area (Å²) < 4.78 is 5.12. The maximum Gasteiger partial charge on any atom is 0.338 e. The van der Waals surface area contributed by atoms with E-state index in [9.17, 15) is 14.4 Å². The van der Waals surface area contributed by atoms with Gasteiger partial charge in [0.15, 0.2) is 0 Å². The first-order valence-corrected chi connectivity index (χ1v) is 7.68. The Morgan fingerprint density at radius 2 is 1.65 bits per heavy atom. The first kappa shape index (κ1) is 18.7. The Bertz CT molecular complexity index is 574. The van der Waals surface area contributed by atoms with E-state index >= 15 is 0 Å². The predicted octanol–water partition coefficient (Wildman–Crippen LogP) is 3.46. The van der Waals surface area contributed by atoms with Gasteiger partial charge in [-0.2, -0.15) is 0 Å². The summed E-state index contributed by atoms with van der Waals surface area (Å²) in [5.74, 6) is -2.78. The number of rotatable bonds is 9. The molecule has 0 heterocycles. The lowest BCUT2D eigenvalue weighted by Crippen LogP contribution is -2.12. The highest BCUT2D eigenvalue weighted by molar-refractivity contribution is 6.03. The molecular formula is C17H22O6. The Balaban J connectivity index is 2.68. The van der Waals surface area contributed by atoms with E-state index in [0.717, 1.165) is 37.8 Å². The molecular weight excluding hydrogens is 300 g/mol. The molecule has 23 heavy (non-hydrogen) atoms. The molecule has 0 unspecified atom stereocenters. The van der Waals surface area contributed by atoms with Gasteiger partial charge >= 0.3 is 17.9 Å². The van der Waals surface area contributed by atoms with Gasteiger partial charge in [-0.05, 0) is 37.0 Å². The summed E-state index contributed by atoms with van der Waals surface area (Å²) in [5, 5.41) is 18.0. The molecule has 0 radical (unpaired) electrons. The topological polar surface area (TPSA) is 101 Å². The molecule has 0 amide bonds. The van der Waals surface area contributed by atoms with Crippen LogP contribution in [0.2, 0.25) is 0 Å². The molecule has 1 rings (SSSR count). The second kappa shape index (κ2) is 8.92. The van der Waals surface area contributed by atoms with Crippen molar-refractivity contribution in [2.75, 3.05) is 6.61 Å². The monoisotopic (exact) mass is 322 g/mol. The van der Waals surface area contributed by atoms with Gasteiger partial charge in [0, 0.05) is 0 Å². The Kier molecular flexibility index (Phi) is 7.25. The number of carboxylic acid groups (broad SMARTS) is 2. The fourth-order valence-corrected chi connectivity index (χ4v) is 2.35. The molecule has 0 saturated carbocycles. The largest absolute Gasteiger partial charge is 0.478 e. The van der Waals surface area contributed by atoms with E-state index in [0.29, 0.717) is 5.92 Å². The second-order valence-electron chi connectivity index (χ2n) is 5.33. The SMILES string of the molecule is CCC(CC)CCCOC(=O)c1ccc(C(=O)O)c(C(=O)O)c1. The van der Waals surface area contributed by atoms with Gasteiger partial charge in [-0.3, -0.25) is 0 Å². The number of carbonyl (C=O) groups is 3. The van der Waals surface area contributed by atoms with Crippen LogP contribution in [0.25, 0.3) is 0 Å². The maximum atomic E-state index is 11.9. The van der Waals surface area contributed by atoms with Gasteiger partial charge < -0.3 is 14.9 Å². The highest BCUT2D eigenvalue weighted by Crippen LogP contribution is 2.16. The molecule has 0 fully saturated rings. The third kappa shape index (κ3) is 5.39. The fraction of sp³-hybridized carbons (Fsp3) is 0.471. The maximum absolute atomic E-state index is 11.9. The zero-order valence-corrected chi connectivity index (χ0v) is 13.4. The summed E-state index contributed by atoms with van der Waals surface area (Å²) in [7, 11) is 0. The highest BCUT2D eigenvalue weighted by Gasteiger charge is 2.19. The Labute approximate surface area is 135 Å². The van der Waals surface area contributed by atoms with Crippen molar-refractivity contribution in [2.45, 2.75) is 39.5 Å². The average molecular weight is 322 g/mol. The molecule has 0 saturated heterocycles. The van der Waals surface area contributed by atoms with Gasteiger partial charge in [-0.15, -0.1) is 0 Å². The van der Waals surface area contributed by atoms with Crippen LogP contribution in [-0.4, -0.2) is 34.7 Å². The molecule has 6 nitrogen and oxygen atoms in total. The van der Waals surface area contributed by atoms with E-state index in [2.05, 4.69) is 13.8 Å². The van der Waals surface area contributed by atoms with Crippen LogP contribution in [0.15, 0.2) is 18.2 Å². The first-order chi connectivity index (χ1) is 10.9. The minimum atomic E-state index is -1.40. The standard InChI is InChI=1S/C17H22O6/c1-3-11(4-2)6-5-9-23-17(22)12-7-8-13(15(18)19)14(10-12)16(20)21/h7-8,10-11H,3-6,9H2,1-2H3,(H,18,19)(H,20,21). The van der Waals surface area contributed by atoms with Gasteiger partial charge in [-0.25, -0.2) is 14.4 Å². The van der Waals surface area contributed by atoms with E-state index in [1.54, 1.807) is 0 Å². The van der Waals surface area contributed by atoms with Crippen LogP contribution in [0.4, 0.5) is 0 Å². The van der Waals surface area contributed by atoms with Crippen LogP contribution >= 0.6 is 0 Å². The number of ether oxygens (including phenoxy) is 1. The zero-order chi connectivity index (χ0) is 17.4. The molecule has 0 bridgehead atoms. The van der Waals surface area contributed by atoms with Crippen molar-refractivity contribution in [1.82, 2.24) is 0 Å². The quantitative estimate of drug-likeness (QED) is 0.533. The molecule has 2 N–H and O–H groups in total. The molecule has 0 aromatic heterocycles. The highest BCUT2D eigenvalue weighted by atomic mass is 16.5. The normalized spacial score (nSPS) is 10.6. The number of carboxylic acids is 2. The van der Waals surface area contributed by atoms with Gasteiger partial charge in [0.25, 0.3) is 0 Å². The zero-order valence-electron chi connectivity index (χ0n) is 13.4. The van der Waals surface area contributed by atoms with Crippen molar-refractivity contribution in [3.05, 3.63) is 34.9 Å². The van der Waals surface area contributed by atoms with Crippen molar-refractivity contribution >= 4 is 17.9 Å². The van der Waals surface area contributed by atoms with E-state index < -0.39 is 23.5 Å². The van der Waals surface area contributed by atoms with Crippen LogP contribution in [0, 0.1) is 5.92 Å². The van der Waals surface area contributed by atoms with Crippen LogP contribution in [0.1, 0.15) is 70.6 Å². The second-order valence-corrected chi connectivity index (χ2v) is 5.33. The average Bonchev–Trinajstić information content (AvgIpc) is 2.54. The predicted molar refractivity (Wildman–Crippen MR) is 83.9 cm³/mol. The summed E-state index contributed by atoms with van der Waals surface area (Å²) in [5.41, 5.74) is -0.748. The summed E-state index contributed by atoms with van der Waals surface area (Å²) in [6.45, 7) is 4.51. The number of esters is 1. The number of aromatic carboxylic acids is 2. The van der Waals surface area contributed by atoms with E-state index in [4.69, 9.17) is 14.9 Å². The summed E-state index contributed by atoms with van der Waals surface area (Å²) in [4.78, 5) is 34.0. The molecule has 0 aliphatic carbocycles.